The van der Waals surface area contributed by atoms with Crippen LogP contribution in [0.1, 0.15) is 5.56 Å². The molecule has 28 heavy (non-hydrogen) atoms. The minimum absolute atomic E-state index is 0. The van der Waals surface area contributed by atoms with E-state index in [2.05, 4.69) is 22.9 Å². The fourth-order valence-corrected chi connectivity index (χ4v) is 2.20. The predicted molar refractivity (Wildman–Crippen MR) is 105 cm³/mol. The van der Waals surface area contributed by atoms with E-state index in [0.29, 0.717) is 17.9 Å². The Hall–Kier alpha value is -2.25. The van der Waals surface area contributed by atoms with Gasteiger partial charge in [-0.3, -0.25) is 9.59 Å². The van der Waals surface area contributed by atoms with Gasteiger partial charge in [0.2, 0.25) is 11.8 Å². The Kier molecular flexibility index (Phi) is 10.4. The summed E-state index contributed by atoms with van der Waals surface area (Å²) in [7, 11) is 1.63. The standard InChI is InChI=1S/C20H23N4O3.Y/c1-3-24(2)19(26)14-21-18(25)13-15-9-11-17(12-10-15)23-20(27)22-16-7-5-4-6-8-16;/h4-12H,1,3,13-14H2,2H3,(H,21,25)(H2,22,23,27);/q-1;. The molecule has 0 saturated heterocycles. The van der Waals surface area contributed by atoms with Gasteiger partial charge in [-0.15, -0.1) is 6.54 Å². The number of hydrogen-bond acceptors (Lipinski definition) is 3. The number of rotatable bonds is 7. The molecule has 0 unspecified atom stereocenters. The number of carbonyl (C=O) groups is 3. The van der Waals surface area contributed by atoms with Gasteiger partial charge in [0.25, 0.3) is 0 Å². The quantitative estimate of drug-likeness (QED) is 0.559. The zero-order chi connectivity index (χ0) is 19.6. The van der Waals surface area contributed by atoms with Crippen LogP contribution in [0.15, 0.2) is 54.6 Å². The molecule has 2 aromatic carbocycles. The Balaban J connectivity index is 0.00000392. The largest absolute Gasteiger partial charge is 0.374 e. The van der Waals surface area contributed by atoms with Gasteiger partial charge in [-0.25, -0.2) is 4.79 Å². The van der Waals surface area contributed by atoms with Gasteiger partial charge in [-0.05, 0) is 29.8 Å². The molecule has 0 aliphatic heterocycles. The molecule has 145 valence electrons. The fourth-order valence-electron chi connectivity index (χ4n) is 2.20. The Morgan fingerprint density at radius 1 is 0.929 bits per heavy atom. The first-order valence-corrected chi connectivity index (χ1v) is 8.50. The van der Waals surface area contributed by atoms with Crippen molar-refractivity contribution in [3.8, 4) is 0 Å². The SMILES string of the molecule is [CH2-]CN(C)C(=O)CNC(=O)Cc1ccc(NC(=O)Nc2ccccc2)cc1.[Y]. The maximum atomic E-state index is 11.9. The fraction of sp³-hybridized carbons (Fsp3) is 0.200. The van der Waals surface area contributed by atoms with Gasteiger partial charge in [0.05, 0.1) is 13.0 Å². The maximum Gasteiger partial charge on any atom is 0.323 e. The molecular weight excluding hydrogens is 433 g/mol. The molecule has 2 rings (SSSR count). The number of nitrogens with one attached hydrogen (secondary N) is 3. The molecule has 1 radical (unpaired) electrons. The van der Waals surface area contributed by atoms with Crippen LogP contribution in [0.25, 0.3) is 0 Å². The van der Waals surface area contributed by atoms with E-state index in [1.165, 1.54) is 4.90 Å². The molecule has 0 bridgehead atoms. The van der Waals surface area contributed by atoms with Crippen molar-refractivity contribution in [1.82, 2.24) is 10.2 Å². The summed E-state index contributed by atoms with van der Waals surface area (Å²) in [5.74, 6) is -0.439. The first-order chi connectivity index (χ1) is 13.0. The average Bonchev–Trinajstić information content (AvgIpc) is 2.67. The van der Waals surface area contributed by atoms with E-state index >= 15 is 0 Å². The Bertz CT molecular complexity index is 782. The van der Waals surface area contributed by atoms with Gasteiger partial charge >= 0.3 is 6.03 Å². The van der Waals surface area contributed by atoms with E-state index in [9.17, 15) is 14.4 Å². The second kappa shape index (κ2) is 12.3. The third kappa shape index (κ3) is 8.19. The van der Waals surface area contributed by atoms with E-state index in [-0.39, 0.29) is 63.5 Å². The minimum Gasteiger partial charge on any atom is -0.374 e. The van der Waals surface area contributed by atoms with Crippen LogP contribution in [0.4, 0.5) is 16.2 Å². The Labute approximate surface area is 190 Å². The smallest absolute Gasteiger partial charge is 0.323 e. The predicted octanol–water partition coefficient (Wildman–Crippen LogP) is 2.28. The van der Waals surface area contributed by atoms with Gasteiger partial charge in [-0.2, -0.15) is 0 Å². The number of hydrogen-bond donors (Lipinski definition) is 3. The van der Waals surface area contributed by atoms with Crippen molar-refractivity contribution in [2.75, 3.05) is 30.8 Å². The van der Waals surface area contributed by atoms with Gasteiger partial charge in [0.1, 0.15) is 0 Å². The molecule has 0 spiro atoms. The van der Waals surface area contributed by atoms with Crippen molar-refractivity contribution < 1.29 is 47.1 Å². The zero-order valence-corrected chi connectivity index (χ0v) is 18.6. The first kappa shape index (κ1) is 23.8. The van der Waals surface area contributed by atoms with Crippen LogP contribution in [0.5, 0.6) is 0 Å². The zero-order valence-electron chi connectivity index (χ0n) is 15.8. The van der Waals surface area contributed by atoms with E-state index in [1.54, 1.807) is 43.4 Å². The number of anilines is 2. The monoisotopic (exact) mass is 456 g/mol. The van der Waals surface area contributed by atoms with Crippen LogP contribution < -0.4 is 16.0 Å². The van der Waals surface area contributed by atoms with Gasteiger partial charge < -0.3 is 27.8 Å². The number of para-hydroxylation sites is 1. The van der Waals surface area contributed by atoms with Crippen LogP contribution in [0, 0.1) is 6.92 Å². The molecule has 0 saturated carbocycles. The van der Waals surface area contributed by atoms with E-state index < -0.39 is 0 Å². The summed E-state index contributed by atoms with van der Waals surface area (Å²) < 4.78 is 0. The van der Waals surface area contributed by atoms with Crippen LogP contribution in [0.2, 0.25) is 0 Å². The third-order valence-electron chi connectivity index (χ3n) is 3.81. The number of carbonyl (C=O) groups excluding carboxylic acids is 3. The second-order valence-electron chi connectivity index (χ2n) is 5.91. The maximum absolute atomic E-state index is 11.9. The molecule has 3 N–H and O–H groups in total. The topological polar surface area (TPSA) is 90.5 Å². The van der Waals surface area contributed by atoms with Crippen molar-refractivity contribution in [3.05, 3.63) is 67.1 Å². The van der Waals surface area contributed by atoms with Crippen molar-refractivity contribution >= 4 is 29.2 Å². The summed E-state index contributed by atoms with van der Waals surface area (Å²) in [6, 6.07) is 15.7. The molecule has 0 heterocycles. The van der Waals surface area contributed by atoms with Gasteiger partial charge in [0, 0.05) is 51.1 Å². The summed E-state index contributed by atoms with van der Waals surface area (Å²) in [5, 5.41) is 8.03. The summed E-state index contributed by atoms with van der Waals surface area (Å²) in [5.41, 5.74) is 2.08. The molecular formula is C20H23N4O3Y-. The number of benzene rings is 2. The molecule has 0 aliphatic carbocycles. The summed E-state index contributed by atoms with van der Waals surface area (Å²) in [6.45, 7) is 3.91. The van der Waals surface area contributed by atoms with Crippen LogP contribution in [0.3, 0.4) is 0 Å². The molecule has 4 amide bonds. The molecule has 8 heteroatoms. The summed E-state index contributed by atoms with van der Waals surface area (Å²) >= 11 is 0. The van der Waals surface area contributed by atoms with Crippen LogP contribution in [-0.4, -0.2) is 42.9 Å². The van der Waals surface area contributed by atoms with Gasteiger partial charge in [-0.1, -0.05) is 30.3 Å². The van der Waals surface area contributed by atoms with Crippen molar-refractivity contribution in [3.63, 3.8) is 0 Å². The Morgan fingerprint density at radius 2 is 1.50 bits per heavy atom. The molecule has 0 aromatic heterocycles. The van der Waals surface area contributed by atoms with Crippen molar-refractivity contribution in [2.45, 2.75) is 6.42 Å². The average molecular weight is 456 g/mol. The van der Waals surface area contributed by atoms with Gasteiger partial charge in [0.15, 0.2) is 0 Å². The van der Waals surface area contributed by atoms with E-state index in [1.807, 2.05) is 18.2 Å². The first-order valence-electron chi connectivity index (χ1n) is 8.50. The summed E-state index contributed by atoms with van der Waals surface area (Å²) in [6.07, 6.45) is 0.151. The molecule has 2 aromatic rings. The number of nitrogens with zero attached hydrogens (tertiary/aromatic N) is 1. The summed E-state index contributed by atoms with van der Waals surface area (Å²) in [4.78, 5) is 36.9. The molecule has 0 atom stereocenters. The normalized spacial score (nSPS) is 9.64. The second-order valence-corrected chi connectivity index (χ2v) is 5.91. The molecule has 0 fully saturated rings. The minimum atomic E-state index is -0.347. The number of amides is 4. The van der Waals surface area contributed by atoms with E-state index in [0.717, 1.165) is 5.56 Å². The van der Waals surface area contributed by atoms with Crippen LogP contribution >= 0.6 is 0 Å². The molecule has 7 nitrogen and oxygen atoms in total. The van der Waals surface area contributed by atoms with Crippen LogP contribution in [-0.2, 0) is 48.7 Å². The van der Waals surface area contributed by atoms with Crippen molar-refractivity contribution in [1.29, 1.82) is 0 Å². The molecule has 0 aliphatic rings. The number of urea groups is 1. The number of likely N-dealkylation sites (N-methyl/N-ethyl adjacent to an activating group) is 1. The Morgan fingerprint density at radius 3 is 2.07 bits per heavy atom. The third-order valence-corrected chi connectivity index (χ3v) is 3.81. The van der Waals surface area contributed by atoms with E-state index in [4.69, 9.17) is 0 Å². The van der Waals surface area contributed by atoms with Crippen molar-refractivity contribution in [2.24, 2.45) is 0 Å².